The minimum absolute atomic E-state index is 0.382. The lowest BCUT2D eigenvalue weighted by Gasteiger charge is -1.90. The number of Topliss-reactive ketones (excluding diaryl/α,β-unsaturated/α-hetero) is 1. The van der Waals surface area contributed by atoms with Gasteiger partial charge in [0.2, 0.25) is 0 Å². The van der Waals surface area contributed by atoms with Crippen LogP contribution in [0.2, 0.25) is 0 Å². The van der Waals surface area contributed by atoms with E-state index in [0.717, 1.165) is 12.8 Å². The van der Waals surface area contributed by atoms with Gasteiger partial charge in [0, 0.05) is 18.9 Å². The Bertz CT molecular complexity index is 129. The first-order valence-electron chi connectivity index (χ1n) is 3.06. The lowest BCUT2D eigenvalue weighted by Crippen LogP contribution is -2.10. The average Bonchev–Trinajstić information content (AvgIpc) is 2.29. The molecule has 0 radical (unpaired) electrons. The number of rotatable bonds is 0. The topological polar surface area (TPSA) is 43.1 Å². The Balaban J connectivity index is 2.09. The monoisotopic (exact) mass is 111 g/mol. The van der Waals surface area contributed by atoms with E-state index >= 15 is 0 Å². The molecule has 0 heterocycles. The lowest BCUT2D eigenvalue weighted by atomic mass is 10.2. The predicted molar refractivity (Wildman–Crippen MR) is 29.2 cm³/mol. The van der Waals surface area contributed by atoms with Gasteiger partial charge in [-0.2, -0.15) is 0 Å². The van der Waals surface area contributed by atoms with Crippen LogP contribution in [0, 0.1) is 11.8 Å². The largest absolute Gasteiger partial charge is 0.327 e. The van der Waals surface area contributed by atoms with E-state index in [2.05, 4.69) is 0 Å². The zero-order valence-corrected chi connectivity index (χ0v) is 4.63. The molecule has 44 valence electrons. The van der Waals surface area contributed by atoms with E-state index in [9.17, 15) is 4.79 Å². The zero-order valence-electron chi connectivity index (χ0n) is 4.63. The maximum absolute atomic E-state index is 10.6. The van der Waals surface area contributed by atoms with E-state index in [4.69, 9.17) is 5.73 Å². The highest BCUT2D eigenvalue weighted by atomic mass is 16.1. The van der Waals surface area contributed by atoms with Crippen LogP contribution in [0.25, 0.3) is 0 Å². The smallest absolute Gasteiger partial charge is 0.133 e. The van der Waals surface area contributed by atoms with Crippen molar-refractivity contribution >= 4 is 5.78 Å². The highest BCUT2D eigenvalue weighted by Crippen LogP contribution is 2.48. The second-order valence-corrected chi connectivity index (χ2v) is 2.85. The number of ketones is 1. The molecule has 0 aromatic heterocycles. The third-order valence-corrected chi connectivity index (χ3v) is 2.32. The highest BCUT2D eigenvalue weighted by molar-refractivity contribution is 5.83. The molecule has 0 saturated heterocycles. The van der Waals surface area contributed by atoms with Gasteiger partial charge in [-0.15, -0.1) is 0 Å². The molecule has 2 heteroatoms. The molecule has 2 aliphatic rings. The van der Waals surface area contributed by atoms with Crippen LogP contribution in [-0.4, -0.2) is 11.8 Å². The number of carbonyl (C=O) groups is 1. The van der Waals surface area contributed by atoms with E-state index in [0.29, 0.717) is 23.7 Å². The molecule has 0 amide bonds. The fourth-order valence-corrected chi connectivity index (χ4v) is 1.66. The molecule has 0 spiro atoms. The van der Waals surface area contributed by atoms with Crippen molar-refractivity contribution in [1.82, 2.24) is 0 Å². The minimum Gasteiger partial charge on any atom is -0.327 e. The molecular formula is C6H9NO. The summed E-state index contributed by atoms with van der Waals surface area (Å²) in [4.78, 5) is 10.6. The van der Waals surface area contributed by atoms with Crippen LogP contribution in [0.3, 0.4) is 0 Å². The van der Waals surface area contributed by atoms with Crippen LogP contribution in [-0.2, 0) is 4.79 Å². The standard InChI is InChI=1S/C6H9NO/c7-6-4-1-3(8)2-5(4)6/h4-6H,1-2,7H2. The second-order valence-electron chi connectivity index (χ2n) is 2.85. The number of nitrogens with two attached hydrogens (primary N) is 1. The molecule has 2 unspecified atom stereocenters. The molecule has 2 N–H and O–H groups in total. The van der Waals surface area contributed by atoms with E-state index in [-0.39, 0.29) is 0 Å². The second kappa shape index (κ2) is 1.13. The molecule has 2 rings (SSSR count). The van der Waals surface area contributed by atoms with Gasteiger partial charge in [-0.3, -0.25) is 4.79 Å². The van der Waals surface area contributed by atoms with Crippen molar-refractivity contribution in [2.24, 2.45) is 17.6 Å². The number of fused-ring (bicyclic) bond motifs is 1. The molecule has 0 aromatic carbocycles. The molecular weight excluding hydrogens is 102 g/mol. The summed E-state index contributed by atoms with van der Waals surface area (Å²) in [6.07, 6.45) is 1.54. The Hall–Kier alpha value is -0.370. The van der Waals surface area contributed by atoms with Gasteiger partial charge >= 0.3 is 0 Å². The van der Waals surface area contributed by atoms with Crippen molar-refractivity contribution < 1.29 is 4.79 Å². The summed E-state index contributed by atoms with van der Waals surface area (Å²) < 4.78 is 0. The Kier molecular flexibility index (Phi) is 0.637. The number of hydrogen-bond acceptors (Lipinski definition) is 2. The summed E-state index contributed by atoms with van der Waals surface area (Å²) in [5.74, 6) is 1.59. The van der Waals surface area contributed by atoms with Gasteiger partial charge in [-0.05, 0) is 11.8 Å². The average molecular weight is 111 g/mol. The third-order valence-electron chi connectivity index (χ3n) is 2.32. The fourth-order valence-electron chi connectivity index (χ4n) is 1.66. The van der Waals surface area contributed by atoms with E-state index in [1.165, 1.54) is 0 Å². The summed E-state index contributed by atoms with van der Waals surface area (Å²) in [5, 5.41) is 0. The van der Waals surface area contributed by atoms with Crippen LogP contribution in [0.1, 0.15) is 12.8 Å². The molecule has 0 bridgehead atoms. The van der Waals surface area contributed by atoms with Gasteiger partial charge in [0.15, 0.2) is 0 Å². The van der Waals surface area contributed by atoms with Gasteiger partial charge < -0.3 is 5.73 Å². The normalized spacial score (nSPS) is 51.6. The molecule has 2 fully saturated rings. The van der Waals surface area contributed by atoms with Crippen molar-refractivity contribution in [3.8, 4) is 0 Å². The van der Waals surface area contributed by atoms with Crippen molar-refractivity contribution in [2.45, 2.75) is 18.9 Å². The van der Waals surface area contributed by atoms with Gasteiger partial charge in [0.05, 0.1) is 0 Å². The molecule has 2 nitrogen and oxygen atoms in total. The molecule has 0 aromatic rings. The Morgan fingerprint density at radius 3 is 2.25 bits per heavy atom. The maximum atomic E-state index is 10.6. The highest BCUT2D eigenvalue weighted by Gasteiger charge is 2.53. The zero-order chi connectivity index (χ0) is 5.72. The van der Waals surface area contributed by atoms with Crippen molar-refractivity contribution in [3.63, 3.8) is 0 Å². The van der Waals surface area contributed by atoms with Crippen LogP contribution in [0.4, 0.5) is 0 Å². The molecule has 2 aliphatic carbocycles. The Morgan fingerprint density at radius 2 is 1.88 bits per heavy atom. The molecule has 8 heavy (non-hydrogen) atoms. The first-order chi connectivity index (χ1) is 3.79. The van der Waals surface area contributed by atoms with Crippen LogP contribution in [0.15, 0.2) is 0 Å². The quantitative estimate of drug-likeness (QED) is 0.475. The van der Waals surface area contributed by atoms with Crippen molar-refractivity contribution in [2.75, 3.05) is 0 Å². The third kappa shape index (κ3) is 0.388. The van der Waals surface area contributed by atoms with Gasteiger partial charge in [0.1, 0.15) is 5.78 Å². The number of carbonyl (C=O) groups excluding carboxylic acids is 1. The predicted octanol–water partition coefficient (Wildman–Crippen LogP) is -0.0774. The molecule has 2 atom stereocenters. The first-order valence-corrected chi connectivity index (χ1v) is 3.06. The van der Waals surface area contributed by atoms with E-state index < -0.39 is 0 Å². The SMILES string of the molecule is NC1C2CC(=O)CC12. The van der Waals surface area contributed by atoms with Gasteiger partial charge in [-0.25, -0.2) is 0 Å². The summed E-state index contributed by atoms with van der Waals surface area (Å²) >= 11 is 0. The van der Waals surface area contributed by atoms with Crippen LogP contribution in [0.5, 0.6) is 0 Å². The van der Waals surface area contributed by atoms with Crippen molar-refractivity contribution in [1.29, 1.82) is 0 Å². The molecule has 2 saturated carbocycles. The Morgan fingerprint density at radius 1 is 1.38 bits per heavy atom. The van der Waals surface area contributed by atoms with E-state index in [1.54, 1.807) is 0 Å². The maximum Gasteiger partial charge on any atom is 0.133 e. The fraction of sp³-hybridized carbons (Fsp3) is 0.833. The minimum atomic E-state index is 0.382. The Labute approximate surface area is 48.1 Å². The summed E-state index contributed by atoms with van der Waals surface area (Å²) in [7, 11) is 0. The van der Waals surface area contributed by atoms with Crippen LogP contribution < -0.4 is 5.73 Å². The first kappa shape index (κ1) is 4.50. The molecule has 0 aliphatic heterocycles. The van der Waals surface area contributed by atoms with Crippen LogP contribution >= 0.6 is 0 Å². The van der Waals surface area contributed by atoms with Gasteiger partial charge in [-0.1, -0.05) is 0 Å². The van der Waals surface area contributed by atoms with E-state index in [1.807, 2.05) is 0 Å². The number of hydrogen-bond donors (Lipinski definition) is 1. The summed E-state index contributed by atoms with van der Waals surface area (Å²) in [5.41, 5.74) is 5.58. The van der Waals surface area contributed by atoms with Gasteiger partial charge in [0.25, 0.3) is 0 Å². The summed E-state index contributed by atoms with van der Waals surface area (Å²) in [6.45, 7) is 0. The summed E-state index contributed by atoms with van der Waals surface area (Å²) in [6, 6.07) is 0.382. The van der Waals surface area contributed by atoms with Crippen molar-refractivity contribution in [3.05, 3.63) is 0 Å². The lowest BCUT2D eigenvalue weighted by molar-refractivity contribution is -0.118.